The first-order valence-corrected chi connectivity index (χ1v) is 7.06. The maximum Gasteiger partial charge on any atom is 0.410 e. The van der Waals surface area contributed by atoms with Gasteiger partial charge in [-0.05, 0) is 33.1 Å². The molecule has 1 rings (SSSR count). The fourth-order valence-electron chi connectivity index (χ4n) is 2.16. The van der Waals surface area contributed by atoms with Gasteiger partial charge in [-0.2, -0.15) is 0 Å². The van der Waals surface area contributed by atoms with Gasteiger partial charge < -0.3 is 20.1 Å². The second kappa shape index (κ2) is 6.57. The van der Waals surface area contributed by atoms with E-state index >= 15 is 0 Å². The van der Waals surface area contributed by atoms with E-state index in [1.807, 2.05) is 20.8 Å². The van der Waals surface area contributed by atoms with Gasteiger partial charge >= 0.3 is 6.09 Å². The number of hydrogen-bond donors (Lipinski definition) is 2. The average Bonchev–Trinajstić information content (AvgIpc) is 2.17. The van der Waals surface area contributed by atoms with E-state index in [0.29, 0.717) is 19.0 Å². The molecule has 0 spiro atoms. The van der Waals surface area contributed by atoms with Crippen molar-refractivity contribution in [3.05, 3.63) is 0 Å². The highest BCUT2D eigenvalue weighted by Crippen LogP contribution is 2.16. The molecule has 0 radical (unpaired) electrons. The largest absolute Gasteiger partial charge is 0.444 e. The molecule has 0 aromatic rings. The number of nitrogens with zero attached hydrogens (tertiary/aromatic N) is 1. The molecule has 1 unspecified atom stereocenters. The van der Waals surface area contributed by atoms with E-state index in [2.05, 4.69) is 19.2 Å². The second-order valence-corrected chi connectivity index (χ2v) is 6.76. The highest BCUT2D eigenvalue weighted by molar-refractivity contribution is 5.69. The van der Waals surface area contributed by atoms with Crippen LogP contribution < -0.4 is 5.32 Å². The fourth-order valence-corrected chi connectivity index (χ4v) is 2.16. The summed E-state index contributed by atoms with van der Waals surface area (Å²) in [6, 6.07) is 0.384. The number of nitrogens with one attached hydrogen (secondary N) is 1. The third kappa shape index (κ3) is 5.78. The summed E-state index contributed by atoms with van der Waals surface area (Å²) in [4.78, 5) is 13.4. The Morgan fingerprint density at radius 3 is 2.42 bits per heavy atom. The number of amides is 1. The lowest BCUT2D eigenvalue weighted by Gasteiger charge is -2.41. The molecule has 19 heavy (non-hydrogen) atoms. The van der Waals surface area contributed by atoms with Crippen LogP contribution in [0.15, 0.2) is 0 Å². The number of hydrogen-bond acceptors (Lipinski definition) is 4. The Bertz CT molecular complexity index is 294. The summed E-state index contributed by atoms with van der Waals surface area (Å²) in [6.45, 7) is 11.3. The third-order valence-corrected chi connectivity index (χ3v) is 2.98. The molecule has 1 amide bonds. The molecule has 0 aliphatic carbocycles. The zero-order valence-corrected chi connectivity index (χ0v) is 12.8. The molecule has 2 N–H and O–H groups in total. The molecule has 1 aliphatic heterocycles. The SMILES string of the molecule is CC(C)CC(CO)NC1CN(C(=O)OC(C)(C)C)C1. The minimum Gasteiger partial charge on any atom is -0.444 e. The number of rotatable bonds is 5. The van der Waals surface area contributed by atoms with Crippen molar-refractivity contribution in [2.24, 2.45) is 5.92 Å². The molecule has 1 saturated heterocycles. The maximum absolute atomic E-state index is 11.7. The highest BCUT2D eigenvalue weighted by Gasteiger charge is 2.34. The fraction of sp³-hybridized carbons (Fsp3) is 0.929. The molecule has 0 saturated carbocycles. The molecule has 5 nitrogen and oxygen atoms in total. The van der Waals surface area contributed by atoms with Crippen LogP contribution in [0.5, 0.6) is 0 Å². The molecule has 5 heteroatoms. The molecule has 1 heterocycles. The van der Waals surface area contributed by atoms with Gasteiger partial charge in [0.2, 0.25) is 0 Å². The van der Waals surface area contributed by atoms with Crippen molar-refractivity contribution >= 4 is 6.09 Å². The summed E-state index contributed by atoms with van der Waals surface area (Å²) in [5, 5.41) is 12.7. The zero-order valence-electron chi connectivity index (χ0n) is 12.8. The van der Waals surface area contributed by atoms with Gasteiger partial charge in [0.15, 0.2) is 0 Å². The summed E-state index contributed by atoms with van der Waals surface area (Å²) in [5.74, 6) is 0.548. The lowest BCUT2D eigenvalue weighted by molar-refractivity contribution is 0.00301. The molecule has 1 atom stereocenters. The summed E-state index contributed by atoms with van der Waals surface area (Å²) in [7, 11) is 0. The Hall–Kier alpha value is -0.810. The van der Waals surface area contributed by atoms with Crippen LogP contribution in [0.25, 0.3) is 0 Å². The van der Waals surface area contributed by atoms with Crippen LogP contribution in [0, 0.1) is 5.92 Å². The Morgan fingerprint density at radius 1 is 1.42 bits per heavy atom. The van der Waals surface area contributed by atoms with Gasteiger partial charge in [0.1, 0.15) is 5.60 Å². The van der Waals surface area contributed by atoms with Crippen LogP contribution in [-0.4, -0.2) is 53.5 Å². The molecular formula is C14H28N2O3. The van der Waals surface area contributed by atoms with Gasteiger partial charge in [0, 0.05) is 25.2 Å². The quantitative estimate of drug-likeness (QED) is 0.798. The minimum absolute atomic E-state index is 0.116. The van der Waals surface area contributed by atoms with Crippen LogP contribution in [0.2, 0.25) is 0 Å². The normalized spacial score (nSPS) is 18.4. The van der Waals surface area contributed by atoms with Crippen LogP contribution >= 0.6 is 0 Å². The first-order chi connectivity index (χ1) is 8.71. The monoisotopic (exact) mass is 272 g/mol. The van der Waals surface area contributed by atoms with Crippen molar-refractivity contribution in [1.29, 1.82) is 0 Å². The van der Waals surface area contributed by atoms with Gasteiger partial charge in [-0.3, -0.25) is 0 Å². The second-order valence-electron chi connectivity index (χ2n) is 6.76. The number of carbonyl (C=O) groups excluding carboxylic acids is 1. The van der Waals surface area contributed by atoms with Crippen LogP contribution in [0.4, 0.5) is 4.79 Å². The number of aliphatic hydroxyl groups excluding tert-OH is 1. The number of carbonyl (C=O) groups is 1. The molecule has 112 valence electrons. The Balaban J connectivity index is 2.27. The van der Waals surface area contributed by atoms with Crippen molar-refractivity contribution in [1.82, 2.24) is 10.2 Å². The van der Waals surface area contributed by atoms with Crippen LogP contribution in [-0.2, 0) is 4.74 Å². The highest BCUT2D eigenvalue weighted by atomic mass is 16.6. The van der Waals surface area contributed by atoms with E-state index in [-0.39, 0.29) is 24.8 Å². The maximum atomic E-state index is 11.7. The van der Waals surface area contributed by atoms with Crippen molar-refractivity contribution in [2.75, 3.05) is 19.7 Å². The van der Waals surface area contributed by atoms with E-state index in [1.54, 1.807) is 4.90 Å². The van der Waals surface area contributed by atoms with E-state index in [9.17, 15) is 9.90 Å². The Labute approximate surface area is 116 Å². The van der Waals surface area contributed by atoms with Crippen molar-refractivity contribution in [3.8, 4) is 0 Å². The van der Waals surface area contributed by atoms with Gasteiger partial charge in [0.25, 0.3) is 0 Å². The third-order valence-electron chi connectivity index (χ3n) is 2.98. The van der Waals surface area contributed by atoms with E-state index in [4.69, 9.17) is 4.74 Å². The smallest absolute Gasteiger partial charge is 0.410 e. The minimum atomic E-state index is -0.444. The van der Waals surface area contributed by atoms with Gasteiger partial charge in [-0.1, -0.05) is 13.8 Å². The summed E-state index contributed by atoms with van der Waals surface area (Å²) < 4.78 is 5.30. The first kappa shape index (κ1) is 16.2. The summed E-state index contributed by atoms with van der Waals surface area (Å²) in [5.41, 5.74) is -0.444. The van der Waals surface area contributed by atoms with E-state index in [1.165, 1.54) is 0 Å². The van der Waals surface area contributed by atoms with E-state index < -0.39 is 5.60 Å². The predicted octanol–water partition coefficient (Wildman–Crippen LogP) is 1.60. The lowest BCUT2D eigenvalue weighted by Crippen LogP contribution is -2.62. The molecule has 0 aromatic heterocycles. The van der Waals surface area contributed by atoms with Gasteiger partial charge in [-0.25, -0.2) is 4.79 Å². The number of ether oxygens (including phenoxy) is 1. The first-order valence-electron chi connectivity index (χ1n) is 7.06. The number of likely N-dealkylation sites (tertiary alicyclic amines) is 1. The average molecular weight is 272 g/mol. The van der Waals surface area contributed by atoms with Crippen molar-refractivity contribution in [3.63, 3.8) is 0 Å². The van der Waals surface area contributed by atoms with Gasteiger partial charge in [0.05, 0.1) is 6.61 Å². The summed E-state index contributed by atoms with van der Waals surface area (Å²) in [6.07, 6.45) is 0.689. The molecule has 0 aromatic carbocycles. The standard InChI is InChI=1S/C14H28N2O3/c1-10(2)6-11(9-17)15-12-7-16(8-12)13(18)19-14(3,4)5/h10-12,15,17H,6-9H2,1-5H3. The molecule has 1 fully saturated rings. The van der Waals surface area contributed by atoms with E-state index in [0.717, 1.165) is 6.42 Å². The molecular weight excluding hydrogens is 244 g/mol. The topological polar surface area (TPSA) is 61.8 Å². The van der Waals surface area contributed by atoms with Crippen molar-refractivity contribution in [2.45, 2.75) is 58.7 Å². The molecule has 0 bridgehead atoms. The van der Waals surface area contributed by atoms with Crippen molar-refractivity contribution < 1.29 is 14.6 Å². The lowest BCUT2D eigenvalue weighted by atomic mass is 10.0. The molecule has 1 aliphatic rings. The van der Waals surface area contributed by atoms with Crippen LogP contribution in [0.1, 0.15) is 41.0 Å². The number of aliphatic hydroxyl groups is 1. The zero-order chi connectivity index (χ0) is 14.6. The summed E-state index contributed by atoms with van der Waals surface area (Å²) >= 11 is 0. The Kier molecular flexibility index (Phi) is 5.62. The van der Waals surface area contributed by atoms with Gasteiger partial charge in [-0.15, -0.1) is 0 Å². The Morgan fingerprint density at radius 2 is 2.00 bits per heavy atom. The van der Waals surface area contributed by atoms with Crippen LogP contribution in [0.3, 0.4) is 0 Å². The predicted molar refractivity (Wildman–Crippen MR) is 75.1 cm³/mol.